The molecular weight excluding hydrogens is 178 g/mol. The van der Waals surface area contributed by atoms with E-state index in [4.69, 9.17) is 5.11 Å². The van der Waals surface area contributed by atoms with Gasteiger partial charge in [0.05, 0.1) is 5.92 Å². The van der Waals surface area contributed by atoms with Crippen LogP contribution in [-0.4, -0.2) is 35.1 Å². The number of carboxylic acid groups (broad SMARTS) is 1. The predicted molar refractivity (Wildman–Crippen MR) is 54.2 cm³/mol. The van der Waals surface area contributed by atoms with Crippen LogP contribution < -0.4 is 0 Å². The fraction of sp³-hybridized carbons (Fsp3) is 0.909. The monoisotopic (exact) mass is 197 g/mol. The van der Waals surface area contributed by atoms with Crippen LogP contribution in [0.1, 0.15) is 38.5 Å². The maximum atomic E-state index is 10.9. The Hall–Kier alpha value is -0.570. The molecule has 0 radical (unpaired) electrons. The molecule has 2 atom stereocenters. The van der Waals surface area contributed by atoms with Gasteiger partial charge in [0.25, 0.3) is 0 Å². The molecule has 3 heteroatoms. The van der Waals surface area contributed by atoms with Gasteiger partial charge in [-0.2, -0.15) is 0 Å². The van der Waals surface area contributed by atoms with Gasteiger partial charge in [0, 0.05) is 12.6 Å². The van der Waals surface area contributed by atoms with Crippen molar-refractivity contribution in [3.8, 4) is 0 Å². The number of carboxylic acids is 1. The molecule has 0 aromatic carbocycles. The number of piperidine rings is 1. The third-order valence-corrected chi connectivity index (χ3v) is 3.65. The van der Waals surface area contributed by atoms with Gasteiger partial charge in [-0.25, -0.2) is 0 Å². The zero-order valence-corrected chi connectivity index (χ0v) is 8.61. The Labute approximate surface area is 85.1 Å². The van der Waals surface area contributed by atoms with E-state index in [9.17, 15) is 4.79 Å². The fourth-order valence-electron chi connectivity index (χ4n) is 2.77. The molecule has 0 saturated carbocycles. The second-order valence-corrected chi connectivity index (χ2v) is 4.61. The molecule has 0 aliphatic carbocycles. The number of fused-ring (bicyclic) bond motifs is 1. The molecule has 2 rings (SSSR count). The van der Waals surface area contributed by atoms with E-state index in [1.807, 2.05) is 0 Å². The lowest BCUT2D eigenvalue weighted by Gasteiger charge is -2.37. The van der Waals surface area contributed by atoms with Crippen LogP contribution in [0.3, 0.4) is 0 Å². The Morgan fingerprint density at radius 3 is 2.79 bits per heavy atom. The average Bonchev–Trinajstić information content (AvgIpc) is 2.41. The number of hydrogen-bond acceptors (Lipinski definition) is 2. The van der Waals surface area contributed by atoms with Crippen molar-refractivity contribution in [1.29, 1.82) is 0 Å². The summed E-state index contributed by atoms with van der Waals surface area (Å²) in [5.74, 6) is -0.711. The van der Waals surface area contributed by atoms with E-state index in [2.05, 4.69) is 4.90 Å². The summed E-state index contributed by atoms with van der Waals surface area (Å²) in [6, 6.07) is 0.688. The van der Waals surface area contributed by atoms with Gasteiger partial charge in [0.15, 0.2) is 0 Å². The SMILES string of the molecule is O=C(O)[C@@H]1CC[C@@H]2CCCCCN2C1. The second-order valence-electron chi connectivity index (χ2n) is 4.61. The fourth-order valence-corrected chi connectivity index (χ4v) is 2.77. The highest BCUT2D eigenvalue weighted by molar-refractivity contribution is 5.70. The van der Waals surface area contributed by atoms with Crippen LogP contribution in [0.5, 0.6) is 0 Å². The summed E-state index contributed by atoms with van der Waals surface area (Å²) in [7, 11) is 0. The minimum atomic E-state index is -0.604. The third-order valence-electron chi connectivity index (χ3n) is 3.65. The number of carbonyl (C=O) groups is 1. The van der Waals surface area contributed by atoms with Crippen LogP contribution in [0.25, 0.3) is 0 Å². The summed E-state index contributed by atoms with van der Waals surface area (Å²) in [6.45, 7) is 1.91. The van der Waals surface area contributed by atoms with Gasteiger partial charge in [0.1, 0.15) is 0 Å². The van der Waals surface area contributed by atoms with Crippen LogP contribution in [0.15, 0.2) is 0 Å². The Morgan fingerprint density at radius 2 is 2.00 bits per heavy atom. The first-order chi connectivity index (χ1) is 6.77. The molecule has 0 spiro atoms. The average molecular weight is 197 g/mol. The second kappa shape index (κ2) is 4.30. The topological polar surface area (TPSA) is 40.5 Å². The van der Waals surface area contributed by atoms with E-state index in [0.717, 1.165) is 25.9 Å². The lowest BCUT2D eigenvalue weighted by atomic mass is 9.91. The van der Waals surface area contributed by atoms with Gasteiger partial charge in [-0.15, -0.1) is 0 Å². The first-order valence-electron chi connectivity index (χ1n) is 5.74. The number of nitrogens with zero attached hydrogens (tertiary/aromatic N) is 1. The molecule has 2 aliphatic rings. The quantitative estimate of drug-likeness (QED) is 0.696. The summed E-state index contributed by atoms with van der Waals surface area (Å²) < 4.78 is 0. The summed E-state index contributed by atoms with van der Waals surface area (Å²) >= 11 is 0. The summed E-state index contributed by atoms with van der Waals surface area (Å²) in [6.07, 6.45) is 7.17. The molecule has 0 aromatic rings. The van der Waals surface area contributed by atoms with Crippen LogP contribution in [0, 0.1) is 5.92 Å². The van der Waals surface area contributed by atoms with Crippen LogP contribution in [0.2, 0.25) is 0 Å². The van der Waals surface area contributed by atoms with Crippen molar-refractivity contribution >= 4 is 5.97 Å². The molecule has 1 N–H and O–H groups in total. The Morgan fingerprint density at radius 1 is 1.14 bits per heavy atom. The van der Waals surface area contributed by atoms with Crippen LogP contribution in [-0.2, 0) is 4.79 Å². The molecule has 0 amide bonds. The van der Waals surface area contributed by atoms with Gasteiger partial charge in [-0.3, -0.25) is 9.69 Å². The largest absolute Gasteiger partial charge is 0.481 e. The molecule has 2 fully saturated rings. The molecule has 0 unspecified atom stereocenters. The van der Waals surface area contributed by atoms with E-state index in [0.29, 0.717) is 6.04 Å². The summed E-state index contributed by atoms with van der Waals surface area (Å²) in [4.78, 5) is 13.3. The molecule has 2 saturated heterocycles. The van der Waals surface area contributed by atoms with Crippen LogP contribution in [0.4, 0.5) is 0 Å². The van der Waals surface area contributed by atoms with Gasteiger partial charge < -0.3 is 5.11 Å². The van der Waals surface area contributed by atoms with Crippen molar-refractivity contribution in [2.45, 2.75) is 44.6 Å². The van der Waals surface area contributed by atoms with Crippen LogP contribution >= 0.6 is 0 Å². The lowest BCUT2D eigenvalue weighted by molar-refractivity contribution is -0.144. The number of aliphatic carboxylic acids is 1. The molecular formula is C11H19NO2. The highest BCUT2D eigenvalue weighted by atomic mass is 16.4. The van der Waals surface area contributed by atoms with E-state index in [1.54, 1.807) is 0 Å². The van der Waals surface area contributed by atoms with Crippen molar-refractivity contribution < 1.29 is 9.90 Å². The maximum Gasteiger partial charge on any atom is 0.307 e. The minimum Gasteiger partial charge on any atom is -0.481 e. The number of rotatable bonds is 1. The van der Waals surface area contributed by atoms with Crippen molar-refractivity contribution in [3.05, 3.63) is 0 Å². The van der Waals surface area contributed by atoms with Gasteiger partial charge in [0.2, 0.25) is 0 Å². The highest BCUT2D eigenvalue weighted by Gasteiger charge is 2.32. The predicted octanol–water partition coefficient (Wildman–Crippen LogP) is 1.73. The smallest absolute Gasteiger partial charge is 0.307 e. The van der Waals surface area contributed by atoms with E-state index >= 15 is 0 Å². The van der Waals surface area contributed by atoms with Gasteiger partial charge in [-0.05, 0) is 32.2 Å². The van der Waals surface area contributed by atoms with Gasteiger partial charge >= 0.3 is 5.97 Å². The Balaban J connectivity index is 1.96. The normalized spacial score (nSPS) is 34.6. The zero-order chi connectivity index (χ0) is 9.97. The molecule has 0 aromatic heterocycles. The van der Waals surface area contributed by atoms with E-state index in [1.165, 1.54) is 25.7 Å². The first kappa shape index (κ1) is 9.97. The van der Waals surface area contributed by atoms with E-state index in [-0.39, 0.29) is 5.92 Å². The molecule has 3 nitrogen and oxygen atoms in total. The van der Waals surface area contributed by atoms with Crippen molar-refractivity contribution in [3.63, 3.8) is 0 Å². The molecule has 0 bridgehead atoms. The van der Waals surface area contributed by atoms with Crippen molar-refractivity contribution in [2.24, 2.45) is 5.92 Å². The molecule has 80 valence electrons. The zero-order valence-electron chi connectivity index (χ0n) is 8.61. The summed E-state index contributed by atoms with van der Waals surface area (Å²) in [5.41, 5.74) is 0. The standard InChI is InChI=1S/C11H19NO2/c13-11(14)9-5-6-10-4-2-1-3-7-12(10)8-9/h9-10H,1-8H2,(H,13,14)/t9-,10+/m1/s1. The van der Waals surface area contributed by atoms with Crippen molar-refractivity contribution in [1.82, 2.24) is 4.90 Å². The highest BCUT2D eigenvalue weighted by Crippen LogP contribution is 2.28. The lowest BCUT2D eigenvalue weighted by Crippen LogP contribution is -2.45. The van der Waals surface area contributed by atoms with Gasteiger partial charge in [-0.1, -0.05) is 12.8 Å². The third kappa shape index (κ3) is 2.08. The Kier molecular flexibility index (Phi) is 3.06. The first-order valence-corrected chi connectivity index (χ1v) is 5.74. The molecule has 14 heavy (non-hydrogen) atoms. The minimum absolute atomic E-state index is 0.107. The Bertz CT molecular complexity index is 217. The number of hydrogen-bond donors (Lipinski definition) is 1. The summed E-state index contributed by atoms with van der Waals surface area (Å²) in [5, 5.41) is 8.97. The van der Waals surface area contributed by atoms with E-state index < -0.39 is 5.97 Å². The maximum absolute atomic E-state index is 10.9. The molecule has 2 aliphatic heterocycles. The molecule has 2 heterocycles. The van der Waals surface area contributed by atoms with Crippen molar-refractivity contribution in [2.75, 3.05) is 13.1 Å².